The zero-order valence-corrected chi connectivity index (χ0v) is 12.3. The van der Waals surface area contributed by atoms with E-state index in [-0.39, 0.29) is 0 Å². The molecule has 1 N–H and O–H groups in total. The zero-order chi connectivity index (χ0) is 12.3. The van der Waals surface area contributed by atoms with Gasteiger partial charge in [-0.2, -0.15) is 0 Å². The minimum absolute atomic E-state index is 0.305. The molecule has 0 spiro atoms. The van der Waals surface area contributed by atoms with Crippen LogP contribution in [0.3, 0.4) is 0 Å². The first-order chi connectivity index (χ1) is 8.16. The van der Waals surface area contributed by atoms with Gasteiger partial charge in [0, 0.05) is 39.2 Å². The fraction of sp³-hybridized carbons (Fsp3) is 0.308. The molecule has 2 heterocycles. The standard InChI is InChI=1S/C13H15BrN2S/c1-9(11-4-3-5-15-7-11)16-10(2)13-6-12(14)8-17-13/h3-10,16H,1-2H3/t9-,10?/m1/s1. The lowest BCUT2D eigenvalue weighted by molar-refractivity contribution is 0.499. The minimum Gasteiger partial charge on any atom is -0.303 e. The number of pyridine rings is 1. The van der Waals surface area contributed by atoms with Gasteiger partial charge in [0.15, 0.2) is 0 Å². The molecular formula is C13H15BrN2S. The summed E-state index contributed by atoms with van der Waals surface area (Å²) >= 11 is 5.25. The number of nitrogens with one attached hydrogen (secondary N) is 1. The molecule has 0 amide bonds. The van der Waals surface area contributed by atoms with Gasteiger partial charge in [0.25, 0.3) is 0 Å². The Morgan fingerprint density at radius 1 is 1.35 bits per heavy atom. The van der Waals surface area contributed by atoms with E-state index in [1.54, 1.807) is 17.5 Å². The molecule has 90 valence electrons. The number of halogens is 1. The van der Waals surface area contributed by atoms with Gasteiger partial charge < -0.3 is 5.32 Å². The van der Waals surface area contributed by atoms with Crippen molar-refractivity contribution in [1.29, 1.82) is 0 Å². The number of nitrogens with zero attached hydrogens (tertiary/aromatic N) is 1. The molecule has 0 aliphatic heterocycles. The van der Waals surface area contributed by atoms with Crippen LogP contribution in [0.4, 0.5) is 0 Å². The van der Waals surface area contributed by atoms with Crippen LogP contribution in [0, 0.1) is 0 Å². The minimum atomic E-state index is 0.305. The molecule has 17 heavy (non-hydrogen) atoms. The maximum Gasteiger partial charge on any atom is 0.0391 e. The van der Waals surface area contributed by atoms with E-state index in [4.69, 9.17) is 0 Å². The third-order valence-electron chi connectivity index (χ3n) is 2.70. The highest BCUT2D eigenvalue weighted by atomic mass is 79.9. The lowest BCUT2D eigenvalue weighted by Crippen LogP contribution is -2.21. The summed E-state index contributed by atoms with van der Waals surface area (Å²) in [5, 5.41) is 5.69. The van der Waals surface area contributed by atoms with Crippen molar-refractivity contribution in [2.45, 2.75) is 25.9 Å². The summed E-state index contributed by atoms with van der Waals surface area (Å²) in [4.78, 5) is 5.49. The number of aromatic nitrogens is 1. The molecule has 0 saturated heterocycles. The van der Waals surface area contributed by atoms with E-state index in [0.29, 0.717) is 12.1 Å². The Morgan fingerprint density at radius 2 is 2.18 bits per heavy atom. The van der Waals surface area contributed by atoms with Gasteiger partial charge in [0.05, 0.1) is 0 Å². The molecule has 0 aliphatic rings. The molecule has 2 aromatic rings. The molecule has 0 saturated carbocycles. The summed E-state index contributed by atoms with van der Waals surface area (Å²) in [6, 6.07) is 6.89. The van der Waals surface area contributed by atoms with Crippen molar-refractivity contribution < 1.29 is 0 Å². The van der Waals surface area contributed by atoms with Crippen molar-refractivity contribution in [3.8, 4) is 0 Å². The van der Waals surface area contributed by atoms with Gasteiger partial charge in [-0.15, -0.1) is 11.3 Å². The first kappa shape index (κ1) is 12.7. The van der Waals surface area contributed by atoms with Crippen LogP contribution in [0.5, 0.6) is 0 Å². The maximum absolute atomic E-state index is 4.15. The summed E-state index contributed by atoms with van der Waals surface area (Å²) in [5.41, 5.74) is 1.22. The van der Waals surface area contributed by atoms with Crippen molar-refractivity contribution >= 4 is 27.3 Å². The average Bonchev–Trinajstić information content (AvgIpc) is 2.77. The van der Waals surface area contributed by atoms with E-state index in [1.165, 1.54) is 10.4 Å². The van der Waals surface area contributed by atoms with E-state index < -0.39 is 0 Å². The quantitative estimate of drug-likeness (QED) is 0.909. The summed E-state index contributed by atoms with van der Waals surface area (Å²) in [6.07, 6.45) is 3.71. The molecule has 0 radical (unpaired) electrons. The largest absolute Gasteiger partial charge is 0.303 e. The summed E-state index contributed by atoms with van der Waals surface area (Å²) in [6.45, 7) is 4.35. The van der Waals surface area contributed by atoms with E-state index in [0.717, 1.165) is 4.47 Å². The van der Waals surface area contributed by atoms with E-state index in [2.05, 4.69) is 57.6 Å². The second-order valence-corrected chi connectivity index (χ2v) is 5.92. The van der Waals surface area contributed by atoms with Crippen molar-refractivity contribution in [2.24, 2.45) is 0 Å². The highest BCUT2D eigenvalue weighted by molar-refractivity contribution is 9.10. The van der Waals surface area contributed by atoms with E-state index >= 15 is 0 Å². The maximum atomic E-state index is 4.15. The molecule has 2 rings (SSSR count). The summed E-state index contributed by atoms with van der Waals surface area (Å²) in [5.74, 6) is 0. The summed E-state index contributed by atoms with van der Waals surface area (Å²) < 4.78 is 1.15. The molecule has 0 fully saturated rings. The van der Waals surface area contributed by atoms with E-state index in [9.17, 15) is 0 Å². The molecule has 2 atom stereocenters. The van der Waals surface area contributed by atoms with Crippen molar-refractivity contribution in [3.63, 3.8) is 0 Å². The number of rotatable bonds is 4. The Balaban J connectivity index is 2.02. The Labute approximate surface area is 114 Å². The van der Waals surface area contributed by atoms with Gasteiger partial charge in [-0.25, -0.2) is 0 Å². The van der Waals surface area contributed by atoms with Gasteiger partial charge >= 0.3 is 0 Å². The topological polar surface area (TPSA) is 24.9 Å². The fourth-order valence-corrected chi connectivity index (χ4v) is 3.20. The van der Waals surface area contributed by atoms with Gasteiger partial charge in [-0.3, -0.25) is 4.98 Å². The van der Waals surface area contributed by atoms with Crippen molar-refractivity contribution in [1.82, 2.24) is 10.3 Å². The highest BCUT2D eigenvalue weighted by Crippen LogP contribution is 2.27. The van der Waals surface area contributed by atoms with Gasteiger partial charge in [0.1, 0.15) is 0 Å². The van der Waals surface area contributed by atoms with Crippen LogP contribution in [-0.2, 0) is 0 Å². The van der Waals surface area contributed by atoms with Gasteiger partial charge in [-0.05, 0) is 47.5 Å². The molecule has 2 aromatic heterocycles. The molecule has 4 heteroatoms. The van der Waals surface area contributed by atoms with E-state index in [1.807, 2.05) is 12.3 Å². The normalized spacial score (nSPS) is 14.5. The number of thiophene rings is 1. The second kappa shape index (κ2) is 5.76. The molecule has 0 bridgehead atoms. The van der Waals surface area contributed by atoms with Crippen LogP contribution in [0.2, 0.25) is 0 Å². The predicted molar refractivity (Wildman–Crippen MR) is 76.2 cm³/mol. The Hall–Kier alpha value is -0.710. The third-order valence-corrected chi connectivity index (χ3v) is 4.58. The lowest BCUT2D eigenvalue weighted by atomic mass is 10.1. The van der Waals surface area contributed by atoms with Gasteiger partial charge in [-0.1, -0.05) is 6.07 Å². The smallest absolute Gasteiger partial charge is 0.0391 e. The van der Waals surface area contributed by atoms with Crippen LogP contribution in [-0.4, -0.2) is 4.98 Å². The predicted octanol–water partition coefficient (Wildman–Crippen LogP) is 4.32. The SMILES string of the molecule is CC(N[C@H](C)c1cccnc1)c1cc(Br)cs1. The highest BCUT2D eigenvalue weighted by Gasteiger charge is 2.12. The van der Waals surface area contributed by atoms with Crippen LogP contribution < -0.4 is 5.32 Å². The summed E-state index contributed by atoms with van der Waals surface area (Å²) in [7, 11) is 0. The van der Waals surface area contributed by atoms with Crippen LogP contribution >= 0.6 is 27.3 Å². The number of hydrogen-bond donors (Lipinski definition) is 1. The fourth-order valence-electron chi connectivity index (χ4n) is 1.74. The number of hydrogen-bond acceptors (Lipinski definition) is 3. The lowest BCUT2D eigenvalue weighted by Gasteiger charge is -2.19. The Kier molecular flexibility index (Phi) is 4.31. The average molecular weight is 311 g/mol. The zero-order valence-electron chi connectivity index (χ0n) is 9.85. The molecule has 0 aliphatic carbocycles. The van der Waals surface area contributed by atoms with Crippen LogP contribution in [0.15, 0.2) is 40.4 Å². The molecular weight excluding hydrogens is 296 g/mol. The van der Waals surface area contributed by atoms with Crippen LogP contribution in [0.1, 0.15) is 36.4 Å². The van der Waals surface area contributed by atoms with Gasteiger partial charge in [0.2, 0.25) is 0 Å². The monoisotopic (exact) mass is 310 g/mol. The first-order valence-corrected chi connectivity index (χ1v) is 7.24. The van der Waals surface area contributed by atoms with Crippen LogP contribution in [0.25, 0.3) is 0 Å². The second-order valence-electron chi connectivity index (χ2n) is 4.06. The Morgan fingerprint density at radius 3 is 2.76 bits per heavy atom. The van der Waals surface area contributed by atoms with Crippen molar-refractivity contribution in [3.05, 3.63) is 50.9 Å². The Bertz CT molecular complexity index is 469. The molecule has 2 nitrogen and oxygen atoms in total. The third kappa shape index (κ3) is 3.37. The first-order valence-electron chi connectivity index (χ1n) is 5.56. The molecule has 1 unspecified atom stereocenters. The van der Waals surface area contributed by atoms with Crippen molar-refractivity contribution in [2.75, 3.05) is 0 Å². The molecule has 0 aromatic carbocycles.